The van der Waals surface area contributed by atoms with Crippen molar-refractivity contribution in [1.82, 2.24) is 14.5 Å². The number of nitrogens with zero attached hydrogens (tertiary/aromatic N) is 3. The van der Waals surface area contributed by atoms with Crippen molar-refractivity contribution >= 4 is 117 Å². The molecule has 0 N–H and O–H groups in total. The summed E-state index contributed by atoms with van der Waals surface area (Å²) < 4.78 is 7.66. The summed E-state index contributed by atoms with van der Waals surface area (Å²) in [5.41, 5.74) is 9.78. The van der Waals surface area contributed by atoms with Gasteiger partial charge >= 0.3 is 0 Å². The van der Waals surface area contributed by atoms with Crippen LogP contribution in [0.2, 0.25) is 0 Å². The highest BCUT2D eigenvalue weighted by Gasteiger charge is 2.19. The van der Waals surface area contributed by atoms with Crippen LogP contribution in [-0.2, 0) is 0 Å². The molecule has 0 bridgehead atoms. The second kappa shape index (κ2) is 11.8. The van der Waals surface area contributed by atoms with Gasteiger partial charge in [0.1, 0.15) is 0 Å². The van der Waals surface area contributed by atoms with Gasteiger partial charge in [-0.2, -0.15) is 0 Å². The minimum absolute atomic E-state index is 0.953. The number of hydrogen-bond donors (Lipinski definition) is 0. The first-order valence-corrected chi connectivity index (χ1v) is 20.9. The molecule has 0 amide bonds. The minimum Gasteiger partial charge on any atom is -0.309 e. The number of pyridine rings is 2. The van der Waals surface area contributed by atoms with Gasteiger partial charge in [0, 0.05) is 89.5 Å². The van der Waals surface area contributed by atoms with Crippen LogP contribution in [0.25, 0.3) is 123 Å². The normalized spacial score (nSPS) is 12.2. The van der Waals surface area contributed by atoms with E-state index in [1.165, 1.54) is 67.7 Å². The summed E-state index contributed by atoms with van der Waals surface area (Å²) >= 11 is 3.74. The lowest BCUT2D eigenvalue weighted by molar-refractivity contribution is 1.18. The Bertz CT molecular complexity index is 3790. The Morgan fingerprint density at radius 3 is 1.60 bits per heavy atom. The number of aromatic nitrogens is 3. The predicted molar refractivity (Wildman–Crippen MR) is 246 cm³/mol. The van der Waals surface area contributed by atoms with Crippen LogP contribution < -0.4 is 0 Å². The summed E-state index contributed by atoms with van der Waals surface area (Å²) in [6, 6.07) is 63.7. The predicted octanol–water partition coefficient (Wildman–Crippen LogP) is 15.1. The average molecular weight is 760 g/mol. The first kappa shape index (κ1) is 31.3. The molecule has 8 aromatic carbocycles. The molecule has 0 aliphatic heterocycles. The van der Waals surface area contributed by atoms with E-state index >= 15 is 0 Å². The summed E-state index contributed by atoms with van der Waals surface area (Å²) in [6.07, 6.45) is 0. The molecule has 0 aliphatic rings. The Morgan fingerprint density at radius 2 is 0.877 bits per heavy atom. The lowest BCUT2D eigenvalue weighted by Crippen LogP contribution is -1.94. The molecule has 13 aromatic rings. The van der Waals surface area contributed by atoms with Gasteiger partial charge in [0.15, 0.2) is 0 Å². The molecule has 0 aliphatic carbocycles. The summed E-state index contributed by atoms with van der Waals surface area (Å²) in [5, 5.41) is 12.3. The smallest absolute Gasteiger partial charge is 0.0795 e. The first-order chi connectivity index (χ1) is 28.3. The number of thiophene rings is 2. The summed E-state index contributed by atoms with van der Waals surface area (Å²) in [4.78, 5) is 10.8. The van der Waals surface area contributed by atoms with Gasteiger partial charge in [0.2, 0.25) is 0 Å². The molecule has 0 radical (unpaired) electrons. The maximum atomic E-state index is 5.41. The zero-order chi connectivity index (χ0) is 37.2. The van der Waals surface area contributed by atoms with Gasteiger partial charge in [0.25, 0.3) is 0 Å². The van der Waals surface area contributed by atoms with Crippen molar-refractivity contribution in [2.75, 3.05) is 0 Å². The van der Waals surface area contributed by atoms with E-state index in [1.807, 2.05) is 22.7 Å². The van der Waals surface area contributed by atoms with Crippen LogP contribution in [0, 0.1) is 0 Å². The molecular formula is C52H29N3S2. The molecule has 0 fully saturated rings. The topological polar surface area (TPSA) is 30.7 Å². The van der Waals surface area contributed by atoms with Crippen LogP contribution in [0.1, 0.15) is 0 Å². The van der Waals surface area contributed by atoms with Gasteiger partial charge in [-0.15, -0.1) is 22.7 Å². The Hall–Kier alpha value is -6.92. The van der Waals surface area contributed by atoms with E-state index in [-0.39, 0.29) is 0 Å². The van der Waals surface area contributed by atoms with Crippen molar-refractivity contribution in [3.8, 4) is 28.2 Å². The fraction of sp³-hybridized carbons (Fsp3) is 0. The van der Waals surface area contributed by atoms with Crippen LogP contribution in [0.5, 0.6) is 0 Å². The molecule has 13 rings (SSSR count). The third kappa shape index (κ3) is 4.47. The average Bonchev–Trinajstić information content (AvgIpc) is 3.96. The number of fused-ring (bicyclic) bond motifs is 16. The molecule has 3 nitrogen and oxygen atoms in total. The Kier molecular flexibility index (Phi) is 6.48. The van der Waals surface area contributed by atoms with E-state index in [1.54, 1.807) is 0 Å². The summed E-state index contributed by atoms with van der Waals surface area (Å²) in [5.74, 6) is 0. The van der Waals surface area contributed by atoms with Gasteiger partial charge in [-0.3, -0.25) is 0 Å². The number of hydrogen-bond acceptors (Lipinski definition) is 4. The maximum Gasteiger partial charge on any atom is 0.0795 e. The molecule has 5 aromatic heterocycles. The molecule has 264 valence electrons. The molecule has 0 atom stereocenters. The largest absolute Gasteiger partial charge is 0.309 e. The van der Waals surface area contributed by atoms with E-state index in [9.17, 15) is 0 Å². The molecule has 0 unspecified atom stereocenters. The van der Waals surface area contributed by atoms with Gasteiger partial charge in [-0.25, -0.2) is 9.97 Å². The third-order valence-electron chi connectivity index (χ3n) is 11.8. The molecule has 5 heteroatoms. The fourth-order valence-electron chi connectivity index (χ4n) is 9.21. The van der Waals surface area contributed by atoms with E-state index < -0.39 is 0 Å². The number of para-hydroxylation sites is 1. The van der Waals surface area contributed by atoms with Crippen LogP contribution in [0.4, 0.5) is 0 Å². The first-order valence-electron chi connectivity index (χ1n) is 19.2. The summed E-state index contributed by atoms with van der Waals surface area (Å²) in [6.45, 7) is 0. The van der Waals surface area contributed by atoms with Gasteiger partial charge in [-0.05, 0) is 60.7 Å². The molecule has 57 heavy (non-hydrogen) atoms. The summed E-state index contributed by atoms with van der Waals surface area (Å²) in [7, 11) is 0. The zero-order valence-corrected chi connectivity index (χ0v) is 32.0. The standard InChI is InChI=1S/C52H29N3S2/c1-2-13-35-34(12-1)49-36(37-25-28-43(54-50(35)37)40-16-9-15-38-32-10-4-7-18-46(32)56-51(38)40)24-27-42(53-49)30-20-22-31(23-21-30)55-44-17-6-3-14-41(44)48-45(55)29-26-39-33-11-5-8-19-47(33)57-52(39)48/h1-29H. The van der Waals surface area contributed by atoms with Crippen molar-refractivity contribution < 1.29 is 0 Å². The van der Waals surface area contributed by atoms with E-state index in [0.717, 1.165) is 55.2 Å². The van der Waals surface area contributed by atoms with Crippen LogP contribution in [0.3, 0.4) is 0 Å². The van der Waals surface area contributed by atoms with E-state index in [4.69, 9.17) is 9.97 Å². The van der Waals surface area contributed by atoms with Gasteiger partial charge in [-0.1, -0.05) is 115 Å². The third-order valence-corrected chi connectivity index (χ3v) is 14.2. The molecule has 0 saturated heterocycles. The second-order valence-electron chi connectivity index (χ2n) is 14.8. The zero-order valence-electron chi connectivity index (χ0n) is 30.4. The Labute approximate surface area is 334 Å². The van der Waals surface area contributed by atoms with Crippen molar-refractivity contribution in [2.45, 2.75) is 0 Å². The Balaban J connectivity index is 0.941. The van der Waals surface area contributed by atoms with Crippen molar-refractivity contribution in [3.63, 3.8) is 0 Å². The molecule has 5 heterocycles. The van der Waals surface area contributed by atoms with Crippen LogP contribution in [-0.4, -0.2) is 14.5 Å². The number of benzene rings is 8. The highest BCUT2D eigenvalue weighted by atomic mass is 32.1. The SMILES string of the molecule is c1ccc2c(c1)sc1c(-c3ccc4c5ccc(-c6ccc(-n7c8ccccc8c8c9sc%10ccccc%10c9ccc87)cc6)nc5c5ccccc5c4n3)cccc12. The van der Waals surface area contributed by atoms with Crippen molar-refractivity contribution in [1.29, 1.82) is 0 Å². The van der Waals surface area contributed by atoms with Crippen LogP contribution >= 0.6 is 22.7 Å². The number of rotatable bonds is 3. The monoisotopic (exact) mass is 759 g/mol. The van der Waals surface area contributed by atoms with E-state index in [0.29, 0.717) is 0 Å². The quantitative estimate of drug-likeness (QED) is 0.168. The highest BCUT2D eigenvalue weighted by Crippen LogP contribution is 2.44. The molecule has 0 saturated carbocycles. The fourth-order valence-corrected chi connectivity index (χ4v) is 11.7. The lowest BCUT2D eigenvalue weighted by atomic mass is 9.98. The highest BCUT2D eigenvalue weighted by molar-refractivity contribution is 7.27. The van der Waals surface area contributed by atoms with Crippen molar-refractivity contribution in [2.24, 2.45) is 0 Å². The second-order valence-corrected chi connectivity index (χ2v) is 16.9. The van der Waals surface area contributed by atoms with Crippen molar-refractivity contribution in [3.05, 3.63) is 176 Å². The van der Waals surface area contributed by atoms with Gasteiger partial charge < -0.3 is 4.57 Å². The van der Waals surface area contributed by atoms with Crippen LogP contribution in [0.15, 0.2) is 176 Å². The Morgan fingerprint density at radius 1 is 0.351 bits per heavy atom. The molecule has 0 spiro atoms. The maximum absolute atomic E-state index is 5.41. The molecular weight excluding hydrogens is 731 g/mol. The van der Waals surface area contributed by atoms with E-state index in [2.05, 4.69) is 180 Å². The lowest BCUT2D eigenvalue weighted by Gasteiger charge is -2.13. The van der Waals surface area contributed by atoms with Gasteiger partial charge in [0.05, 0.1) is 33.5 Å². The minimum atomic E-state index is 0.953.